The van der Waals surface area contributed by atoms with E-state index in [0.717, 1.165) is 17.7 Å². The minimum atomic E-state index is -0.921. The summed E-state index contributed by atoms with van der Waals surface area (Å²) < 4.78 is 0. The monoisotopic (exact) mass is 226 g/mol. The molecule has 1 aromatic heterocycles. The third kappa shape index (κ3) is 1.85. The van der Waals surface area contributed by atoms with E-state index in [-0.39, 0.29) is 6.04 Å². The van der Waals surface area contributed by atoms with Gasteiger partial charge in [-0.05, 0) is 25.0 Å². The number of aromatic carboxylic acids is 1. The van der Waals surface area contributed by atoms with Gasteiger partial charge in [-0.15, -0.1) is 16.2 Å². The highest BCUT2D eigenvalue weighted by Gasteiger charge is 2.27. The molecule has 6 heteroatoms. The van der Waals surface area contributed by atoms with Crippen LogP contribution in [0.4, 0.5) is 0 Å². The van der Waals surface area contributed by atoms with Crippen LogP contribution in [0.25, 0.3) is 0 Å². The van der Waals surface area contributed by atoms with Gasteiger partial charge in [0, 0.05) is 11.4 Å². The molecule has 1 aliphatic heterocycles. The van der Waals surface area contributed by atoms with E-state index in [9.17, 15) is 9.70 Å². The second kappa shape index (κ2) is 3.98. The molecular formula is C9H10N2O3S. The van der Waals surface area contributed by atoms with E-state index in [1.54, 1.807) is 12.1 Å². The van der Waals surface area contributed by atoms with Gasteiger partial charge in [0.2, 0.25) is 0 Å². The Morgan fingerprint density at radius 2 is 2.40 bits per heavy atom. The van der Waals surface area contributed by atoms with Crippen LogP contribution < -0.4 is 0 Å². The van der Waals surface area contributed by atoms with Crippen molar-refractivity contribution in [3.8, 4) is 0 Å². The van der Waals surface area contributed by atoms with Gasteiger partial charge in [0.15, 0.2) is 0 Å². The molecule has 80 valence electrons. The van der Waals surface area contributed by atoms with Gasteiger partial charge in [-0.3, -0.25) is 5.01 Å². The molecule has 0 aromatic carbocycles. The number of carbonyl (C=O) groups is 1. The van der Waals surface area contributed by atoms with Gasteiger partial charge < -0.3 is 5.11 Å². The zero-order valence-electron chi connectivity index (χ0n) is 7.92. The predicted molar refractivity (Wildman–Crippen MR) is 55.8 cm³/mol. The summed E-state index contributed by atoms with van der Waals surface area (Å²) in [6.07, 6.45) is 1.79. The molecule has 1 N–H and O–H groups in total. The minimum Gasteiger partial charge on any atom is -0.477 e. The Morgan fingerprint density at radius 3 is 3.00 bits per heavy atom. The molecule has 0 bridgehead atoms. The highest BCUT2D eigenvalue weighted by molar-refractivity contribution is 7.14. The van der Waals surface area contributed by atoms with Crippen LogP contribution in [0.1, 0.15) is 33.4 Å². The first-order valence-corrected chi connectivity index (χ1v) is 5.47. The number of rotatable bonds is 3. The lowest BCUT2D eigenvalue weighted by molar-refractivity contribution is 0.0702. The lowest BCUT2D eigenvalue weighted by Gasteiger charge is -2.15. The summed E-state index contributed by atoms with van der Waals surface area (Å²) in [6, 6.07) is 3.31. The first kappa shape index (κ1) is 10.1. The summed E-state index contributed by atoms with van der Waals surface area (Å²) in [7, 11) is 0. The maximum Gasteiger partial charge on any atom is 0.345 e. The first-order valence-electron chi connectivity index (χ1n) is 4.65. The van der Waals surface area contributed by atoms with Crippen LogP contribution in [0.2, 0.25) is 0 Å². The van der Waals surface area contributed by atoms with Crippen molar-refractivity contribution < 1.29 is 9.90 Å². The molecule has 2 heterocycles. The number of carboxylic acids is 1. The normalized spacial score (nSPS) is 20.5. The number of nitroso groups, excluding NO2 is 1. The summed E-state index contributed by atoms with van der Waals surface area (Å²) >= 11 is 1.22. The molecule has 2 rings (SSSR count). The average molecular weight is 226 g/mol. The van der Waals surface area contributed by atoms with Crippen molar-refractivity contribution in [2.45, 2.75) is 18.9 Å². The van der Waals surface area contributed by atoms with Gasteiger partial charge in [0.25, 0.3) is 0 Å². The Labute approximate surface area is 90.3 Å². The molecule has 0 saturated carbocycles. The van der Waals surface area contributed by atoms with Crippen LogP contribution in [-0.2, 0) is 0 Å². The highest BCUT2D eigenvalue weighted by Crippen LogP contribution is 2.35. The molecule has 1 atom stereocenters. The zero-order valence-corrected chi connectivity index (χ0v) is 8.74. The van der Waals surface area contributed by atoms with Crippen molar-refractivity contribution in [1.29, 1.82) is 0 Å². The van der Waals surface area contributed by atoms with Crippen molar-refractivity contribution >= 4 is 17.3 Å². The first-order chi connectivity index (χ1) is 7.22. The summed E-state index contributed by atoms with van der Waals surface area (Å²) in [6.45, 7) is 0.661. The van der Waals surface area contributed by atoms with Gasteiger partial charge in [-0.1, -0.05) is 0 Å². The average Bonchev–Trinajstić information content (AvgIpc) is 2.85. The number of hydrogen-bond donors (Lipinski definition) is 1. The third-order valence-electron chi connectivity index (χ3n) is 2.50. The van der Waals surface area contributed by atoms with Crippen LogP contribution in [0.3, 0.4) is 0 Å². The maximum atomic E-state index is 10.7. The number of nitrogens with zero attached hydrogens (tertiary/aromatic N) is 2. The van der Waals surface area contributed by atoms with Crippen molar-refractivity contribution in [1.82, 2.24) is 5.01 Å². The topological polar surface area (TPSA) is 70.0 Å². The van der Waals surface area contributed by atoms with E-state index < -0.39 is 5.97 Å². The molecule has 0 amide bonds. The molecule has 1 saturated heterocycles. The van der Waals surface area contributed by atoms with Crippen molar-refractivity contribution in [3.05, 3.63) is 26.8 Å². The Morgan fingerprint density at radius 1 is 1.60 bits per heavy atom. The Kier molecular flexibility index (Phi) is 2.68. The van der Waals surface area contributed by atoms with Gasteiger partial charge in [-0.2, -0.15) is 0 Å². The van der Waals surface area contributed by atoms with E-state index in [4.69, 9.17) is 5.11 Å². The van der Waals surface area contributed by atoms with Crippen molar-refractivity contribution in [2.24, 2.45) is 5.29 Å². The van der Waals surface area contributed by atoms with Crippen LogP contribution in [0.15, 0.2) is 17.4 Å². The summed E-state index contributed by atoms with van der Waals surface area (Å²) in [4.78, 5) is 22.4. The van der Waals surface area contributed by atoms with E-state index in [2.05, 4.69) is 5.29 Å². The van der Waals surface area contributed by atoms with Crippen molar-refractivity contribution in [3.63, 3.8) is 0 Å². The largest absolute Gasteiger partial charge is 0.477 e. The lowest BCUT2D eigenvalue weighted by atomic mass is 10.2. The molecule has 0 aliphatic carbocycles. The van der Waals surface area contributed by atoms with Crippen LogP contribution >= 0.6 is 11.3 Å². The second-order valence-corrected chi connectivity index (χ2v) is 4.53. The fourth-order valence-corrected chi connectivity index (χ4v) is 2.77. The minimum absolute atomic E-state index is 0.0272. The SMILES string of the molecule is O=NN1CCCC1c1ccc(C(=O)O)s1. The van der Waals surface area contributed by atoms with E-state index in [1.807, 2.05) is 0 Å². The summed E-state index contributed by atoms with van der Waals surface area (Å²) in [5, 5.41) is 13.2. The Bertz CT molecular complexity index is 390. The molecule has 5 nitrogen and oxygen atoms in total. The molecule has 1 unspecified atom stereocenters. The Hall–Kier alpha value is -1.43. The van der Waals surface area contributed by atoms with E-state index in [0.29, 0.717) is 11.4 Å². The molecular weight excluding hydrogens is 216 g/mol. The molecule has 15 heavy (non-hydrogen) atoms. The van der Waals surface area contributed by atoms with Crippen LogP contribution in [0, 0.1) is 4.91 Å². The molecule has 0 spiro atoms. The van der Waals surface area contributed by atoms with Gasteiger partial charge in [0.1, 0.15) is 4.88 Å². The molecule has 1 aromatic rings. The fourth-order valence-electron chi connectivity index (χ4n) is 1.79. The third-order valence-corrected chi connectivity index (χ3v) is 3.67. The quantitative estimate of drug-likeness (QED) is 0.802. The summed E-state index contributed by atoms with van der Waals surface area (Å²) in [5.41, 5.74) is 0. The van der Waals surface area contributed by atoms with Crippen LogP contribution in [0.5, 0.6) is 0 Å². The number of hydrogen-bond acceptors (Lipinski definition) is 4. The molecule has 1 fully saturated rings. The maximum absolute atomic E-state index is 10.7. The number of thiophene rings is 1. The standard InChI is InChI=1S/C9H10N2O3S/c12-9(13)8-4-3-7(15-8)6-2-1-5-11(6)10-14/h3-4,6H,1-2,5H2,(H,12,13). The van der Waals surface area contributed by atoms with E-state index >= 15 is 0 Å². The Balaban J connectivity index is 2.21. The van der Waals surface area contributed by atoms with Gasteiger partial charge in [0.05, 0.1) is 11.3 Å². The summed E-state index contributed by atoms with van der Waals surface area (Å²) in [5.74, 6) is -0.921. The fraction of sp³-hybridized carbons (Fsp3) is 0.444. The van der Waals surface area contributed by atoms with Crippen molar-refractivity contribution in [2.75, 3.05) is 6.54 Å². The second-order valence-electron chi connectivity index (χ2n) is 3.41. The van der Waals surface area contributed by atoms with Gasteiger partial charge >= 0.3 is 5.97 Å². The zero-order chi connectivity index (χ0) is 10.8. The van der Waals surface area contributed by atoms with Gasteiger partial charge in [-0.25, -0.2) is 4.79 Å². The number of carboxylic acid groups (broad SMARTS) is 1. The predicted octanol–water partition coefficient (Wildman–Crippen LogP) is 2.26. The molecule has 0 radical (unpaired) electrons. The lowest BCUT2D eigenvalue weighted by Crippen LogP contribution is -2.14. The molecule has 1 aliphatic rings. The smallest absolute Gasteiger partial charge is 0.345 e. The van der Waals surface area contributed by atoms with Crippen LogP contribution in [-0.4, -0.2) is 22.6 Å². The highest BCUT2D eigenvalue weighted by atomic mass is 32.1. The van der Waals surface area contributed by atoms with E-state index in [1.165, 1.54) is 16.3 Å².